The summed E-state index contributed by atoms with van der Waals surface area (Å²) in [5, 5.41) is 0.838. The van der Waals surface area contributed by atoms with Crippen LogP contribution in [0.3, 0.4) is 0 Å². The SMILES string of the molecule is O=Cc1cc(-c2c(Cl)c(Cl)cc(Cl)c2Cl)ccc1F. The van der Waals surface area contributed by atoms with Gasteiger partial charge in [0.2, 0.25) is 0 Å². The lowest BCUT2D eigenvalue weighted by atomic mass is 10.0. The zero-order valence-electron chi connectivity index (χ0n) is 9.18. The molecule has 0 atom stereocenters. The summed E-state index contributed by atoms with van der Waals surface area (Å²) in [6.45, 7) is 0. The van der Waals surface area contributed by atoms with Crippen molar-refractivity contribution < 1.29 is 9.18 Å². The third kappa shape index (κ3) is 2.72. The first-order valence-corrected chi connectivity index (χ1v) is 6.55. The number of hydrogen-bond donors (Lipinski definition) is 0. The second-order valence-electron chi connectivity index (χ2n) is 3.70. The van der Waals surface area contributed by atoms with Crippen molar-refractivity contribution in [1.29, 1.82) is 0 Å². The van der Waals surface area contributed by atoms with Crippen molar-refractivity contribution in [3.8, 4) is 11.1 Å². The monoisotopic (exact) mass is 336 g/mol. The van der Waals surface area contributed by atoms with Gasteiger partial charge in [0.25, 0.3) is 0 Å². The minimum atomic E-state index is -0.626. The third-order valence-corrected chi connectivity index (χ3v) is 4.10. The molecule has 0 aromatic heterocycles. The van der Waals surface area contributed by atoms with Crippen LogP contribution >= 0.6 is 46.4 Å². The number of halogens is 5. The number of benzene rings is 2. The predicted octanol–water partition coefficient (Wildman–Crippen LogP) is 5.92. The van der Waals surface area contributed by atoms with Gasteiger partial charge in [-0.1, -0.05) is 52.5 Å². The van der Waals surface area contributed by atoms with Gasteiger partial charge in [-0.25, -0.2) is 4.39 Å². The van der Waals surface area contributed by atoms with Gasteiger partial charge in [0.1, 0.15) is 5.82 Å². The molecule has 1 nitrogen and oxygen atoms in total. The highest BCUT2D eigenvalue weighted by Gasteiger charge is 2.16. The summed E-state index contributed by atoms with van der Waals surface area (Å²) in [6, 6.07) is 5.35. The van der Waals surface area contributed by atoms with Crippen LogP contribution in [-0.4, -0.2) is 6.29 Å². The first kappa shape index (κ1) is 14.6. The summed E-state index contributed by atoms with van der Waals surface area (Å²) in [4.78, 5) is 10.8. The normalized spacial score (nSPS) is 10.6. The molecule has 0 bridgehead atoms. The van der Waals surface area contributed by atoms with Crippen molar-refractivity contribution in [3.63, 3.8) is 0 Å². The Kier molecular flexibility index (Phi) is 4.36. The van der Waals surface area contributed by atoms with Crippen molar-refractivity contribution in [2.75, 3.05) is 0 Å². The van der Waals surface area contributed by atoms with Gasteiger partial charge in [0.05, 0.1) is 25.7 Å². The fourth-order valence-corrected chi connectivity index (χ4v) is 2.64. The Labute approximate surface area is 128 Å². The predicted molar refractivity (Wildman–Crippen MR) is 77.3 cm³/mol. The Balaban J connectivity index is 2.75. The summed E-state index contributed by atoms with van der Waals surface area (Å²) < 4.78 is 13.3. The molecule has 6 heteroatoms. The Hall–Kier alpha value is -0.800. The van der Waals surface area contributed by atoms with Crippen molar-refractivity contribution in [2.24, 2.45) is 0 Å². The van der Waals surface area contributed by atoms with Crippen LogP contribution in [0.15, 0.2) is 24.3 Å². The van der Waals surface area contributed by atoms with E-state index in [2.05, 4.69) is 0 Å². The molecule has 0 fully saturated rings. The van der Waals surface area contributed by atoms with Gasteiger partial charge in [0.15, 0.2) is 6.29 Å². The van der Waals surface area contributed by atoms with Gasteiger partial charge >= 0.3 is 0 Å². The summed E-state index contributed by atoms with van der Waals surface area (Å²) in [5.41, 5.74) is 0.729. The molecule has 0 radical (unpaired) electrons. The summed E-state index contributed by atoms with van der Waals surface area (Å²) in [5.74, 6) is -0.626. The van der Waals surface area contributed by atoms with E-state index in [-0.39, 0.29) is 25.7 Å². The smallest absolute Gasteiger partial charge is 0.153 e. The molecule has 2 aromatic carbocycles. The Morgan fingerprint density at radius 1 is 0.947 bits per heavy atom. The molecule has 98 valence electrons. The van der Waals surface area contributed by atoms with E-state index in [1.54, 1.807) is 0 Å². The van der Waals surface area contributed by atoms with Crippen molar-refractivity contribution >= 4 is 52.7 Å². The average Bonchev–Trinajstić information content (AvgIpc) is 2.38. The fourth-order valence-electron chi connectivity index (χ4n) is 1.62. The molecule has 2 aromatic rings. The van der Waals surface area contributed by atoms with Crippen LogP contribution in [-0.2, 0) is 0 Å². The Morgan fingerprint density at radius 2 is 1.53 bits per heavy atom. The highest BCUT2D eigenvalue weighted by molar-refractivity contribution is 6.50. The van der Waals surface area contributed by atoms with Crippen LogP contribution in [0.4, 0.5) is 4.39 Å². The van der Waals surface area contributed by atoms with Crippen LogP contribution in [0, 0.1) is 5.82 Å². The van der Waals surface area contributed by atoms with Gasteiger partial charge in [0, 0.05) is 5.56 Å². The maximum absolute atomic E-state index is 13.3. The van der Waals surface area contributed by atoms with E-state index in [9.17, 15) is 9.18 Å². The average molecular weight is 338 g/mol. The molecular weight excluding hydrogens is 333 g/mol. The molecule has 0 spiro atoms. The number of rotatable bonds is 2. The van der Waals surface area contributed by atoms with E-state index in [1.165, 1.54) is 18.2 Å². The van der Waals surface area contributed by atoms with Crippen LogP contribution in [0.1, 0.15) is 10.4 Å². The van der Waals surface area contributed by atoms with Gasteiger partial charge in [-0.05, 0) is 23.8 Å². The fraction of sp³-hybridized carbons (Fsp3) is 0. The van der Waals surface area contributed by atoms with E-state index in [4.69, 9.17) is 46.4 Å². The standard InChI is InChI=1S/C13H5Cl4FO/c14-8-4-9(15)13(17)11(12(8)16)6-1-2-10(18)7(3-6)5-19/h1-5H. The molecule has 0 heterocycles. The van der Waals surface area contributed by atoms with E-state index in [1.807, 2.05) is 0 Å². The number of aldehydes is 1. The molecule has 2 rings (SSSR count). The lowest BCUT2D eigenvalue weighted by Crippen LogP contribution is -1.91. The highest BCUT2D eigenvalue weighted by atomic mass is 35.5. The Morgan fingerprint density at radius 3 is 2.05 bits per heavy atom. The van der Waals surface area contributed by atoms with Crippen LogP contribution in [0.2, 0.25) is 20.1 Å². The minimum absolute atomic E-state index is 0.0965. The molecule has 19 heavy (non-hydrogen) atoms. The van der Waals surface area contributed by atoms with E-state index < -0.39 is 5.82 Å². The van der Waals surface area contributed by atoms with Crippen molar-refractivity contribution in [3.05, 3.63) is 55.7 Å². The second kappa shape index (κ2) is 5.68. The number of hydrogen-bond acceptors (Lipinski definition) is 1. The molecule has 0 saturated carbocycles. The lowest BCUT2D eigenvalue weighted by molar-refractivity contribution is 0.112. The van der Waals surface area contributed by atoms with Crippen molar-refractivity contribution in [1.82, 2.24) is 0 Å². The van der Waals surface area contributed by atoms with Crippen LogP contribution in [0.5, 0.6) is 0 Å². The van der Waals surface area contributed by atoms with E-state index in [0.29, 0.717) is 17.4 Å². The number of carbonyl (C=O) groups excluding carboxylic acids is 1. The molecule has 0 amide bonds. The lowest BCUT2D eigenvalue weighted by Gasteiger charge is -2.11. The zero-order valence-corrected chi connectivity index (χ0v) is 12.2. The molecule has 0 unspecified atom stereocenters. The highest BCUT2D eigenvalue weighted by Crippen LogP contribution is 2.43. The molecule has 0 saturated heterocycles. The minimum Gasteiger partial charge on any atom is -0.298 e. The van der Waals surface area contributed by atoms with Crippen LogP contribution < -0.4 is 0 Å². The maximum atomic E-state index is 13.3. The summed E-state index contributed by atoms with van der Waals surface area (Å²) in [6.07, 6.45) is 0.410. The first-order chi connectivity index (χ1) is 8.95. The first-order valence-electron chi connectivity index (χ1n) is 5.03. The van der Waals surface area contributed by atoms with Crippen LogP contribution in [0.25, 0.3) is 11.1 Å². The second-order valence-corrected chi connectivity index (χ2v) is 5.27. The van der Waals surface area contributed by atoms with Gasteiger partial charge in [-0.2, -0.15) is 0 Å². The Bertz CT molecular complexity index is 644. The zero-order chi connectivity index (χ0) is 14.2. The third-order valence-electron chi connectivity index (χ3n) is 2.52. The van der Waals surface area contributed by atoms with Gasteiger partial charge < -0.3 is 0 Å². The summed E-state index contributed by atoms with van der Waals surface area (Å²) >= 11 is 24.0. The molecule has 0 N–H and O–H groups in total. The summed E-state index contributed by atoms with van der Waals surface area (Å²) in [7, 11) is 0. The molecule has 0 aliphatic heterocycles. The van der Waals surface area contributed by atoms with Gasteiger partial charge in [-0.3, -0.25) is 4.79 Å². The molecule has 0 aliphatic rings. The van der Waals surface area contributed by atoms with Gasteiger partial charge in [-0.15, -0.1) is 0 Å². The van der Waals surface area contributed by atoms with E-state index in [0.717, 1.165) is 6.07 Å². The largest absolute Gasteiger partial charge is 0.298 e. The quantitative estimate of drug-likeness (QED) is 0.491. The number of carbonyl (C=O) groups is 1. The topological polar surface area (TPSA) is 17.1 Å². The molecule has 0 aliphatic carbocycles. The molecular formula is C13H5Cl4FO. The van der Waals surface area contributed by atoms with Crippen molar-refractivity contribution in [2.45, 2.75) is 0 Å². The maximum Gasteiger partial charge on any atom is 0.153 e. The van der Waals surface area contributed by atoms with E-state index >= 15 is 0 Å².